The summed E-state index contributed by atoms with van der Waals surface area (Å²) in [6.07, 6.45) is 1.58. The topological polar surface area (TPSA) is 98.3 Å². The van der Waals surface area contributed by atoms with E-state index in [0.29, 0.717) is 19.2 Å². The van der Waals surface area contributed by atoms with E-state index in [9.17, 15) is 19.5 Å². The lowest BCUT2D eigenvalue weighted by Gasteiger charge is -2.48. The average molecular weight is 245 g/mol. The first kappa shape index (κ1) is 15.4. The SMILES string of the molecule is CCCC(NC=O)(C(=O)[O-])[N+](C)(C)CNC=O. The minimum absolute atomic E-state index is 0.0678. The van der Waals surface area contributed by atoms with E-state index in [-0.39, 0.29) is 17.6 Å². The van der Waals surface area contributed by atoms with Crippen LogP contribution in [0.2, 0.25) is 0 Å². The number of amides is 2. The van der Waals surface area contributed by atoms with Crippen LogP contribution in [-0.2, 0) is 14.4 Å². The summed E-state index contributed by atoms with van der Waals surface area (Å²) in [5.74, 6) is -1.37. The summed E-state index contributed by atoms with van der Waals surface area (Å²) in [6.45, 7) is 1.87. The van der Waals surface area contributed by atoms with Gasteiger partial charge in [0, 0.05) is 6.42 Å². The van der Waals surface area contributed by atoms with E-state index >= 15 is 0 Å². The molecule has 0 aliphatic rings. The molecule has 0 spiro atoms. The first-order chi connectivity index (χ1) is 7.88. The number of hydrogen-bond acceptors (Lipinski definition) is 4. The van der Waals surface area contributed by atoms with Crippen LogP contribution in [0.4, 0.5) is 0 Å². The molecule has 0 rings (SSSR count). The summed E-state index contributed by atoms with van der Waals surface area (Å²) < 4.78 is -0.138. The Morgan fingerprint density at radius 3 is 2.29 bits per heavy atom. The van der Waals surface area contributed by atoms with Crippen molar-refractivity contribution in [1.82, 2.24) is 10.6 Å². The Bertz CT molecular complexity index is 293. The van der Waals surface area contributed by atoms with Crippen LogP contribution in [0, 0.1) is 0 Å². The first-order valence-electron chi connectivity index (χ1n) is 5.31. The van der Waals surface area contributed by atoms with Crippen molar-refractivity contribution in [2.24, 2.45) is 0 Å². The van der Waals surface area contributed by atoms with Gasteiger partial charge in [-0.1, -0.05) is 6.92 Å². The predicted octanol–water partition coefficient (Wildman–Crippen LogP) is -2.24. The smallest absolute Gasteiger partial charge is 0.216 e. The predicted molar refractivity (Wildman–Crippen MR) is 58.0 cm³/mol. The second kappa shape index (κ2) is 6.19. The molecule has 17 heavy (non-hydrogen) atoms. The van der Waals surface area contributed by atoms with Gasteiger partial charge in [-0.15, -0.1) is 0 Å². The Hall–Kier alpha value is -1.63. The molecule has 1 unspecified atom stereocenters. The molecule has 7 heteroatoms. The Labute approximate surface area is 100 Å². The number of aliphatic carboxylic acids is 1. The van der Waals surface area contributed by atoms with Crippen molar-refractivity contribution in [1.29, 1.82) is 0 Å². The second-order valence-electron chi connectivity index (χ2n) is 4.33. The third kappa shape index (κ3) is 3.16. The monoisotopic (exact) mass is 245 g/mol. The second-order valence-corrected chi connectivity index (χ2v) is 4.33. The van der Waals surface area contributed by atoms with Crippen LogP contribution < -0.4 is 15.7 Å². The average Bonchev–Trinajstić information content (AvgIpc) is 2.25. The lowest BCUT2D eigenvalue weighted by Crippen LogP contribution is -2.75. The Balaban J connectivity index is 5.29. The zero-order chi connectivity index (χ0) is 13.5. The van der Waals surface area contributed by atoms with Crippen LogP contribution >= 0.6 is 0 Å². The first-order valence-corrected chi connectivity index (χ1v) is 5.31. The van der Waals surface area contributed by atoms with Crippen LogP contribution in [0.5, 0.6) is 0 Å². The highest BCUT2D eigenvalue weighted by Crippen LogP contribution is 2.22. The number of rotatable bonds is 9. The molecule has 0 radical (unpaired) electrons. The van der Waals surface area contributed by atoms with Gasteiger partial charge in [0.2, 0.25) is 18.5 Å². The lowest BCUT2D eigenvalue weighted by molar-refractivity contribution is -0.939. The molecule has 0 bridgehead atoms. The number of quaternary nitrogens is 1. The van der Waals surface area contributed by atoms with Crippen molar-refractivity contribution in [3.8, 4) is 0 Å². The molecule has 0 aliphatic carbocycles. The molecule has 0 saturated heterocycles. The maximum Gasteiger partial charge on any atom is 0.216 e. The molecular weight excluding hydrogens is 226 g/mol. The maximum atomic E-state index is 11.3. The van der Waals surface area contributed by atoms with Crippen molar-refractivity contribution in [2.75, 3.05) is 20.8 Å². The number of hydrogen-bond donors (Lipinski definition) is 2. The number of nitrogens with one attached hydrogen (secondary N) is 2. The summed E-state index contributed by atoms with van der Waals surface area (Å²) in [7, 11) is 3.19. The van der Waals surface area contributed by atoms with E-state index < -0.39 is 11.6 Å². The number of carboxylic acids is 1. The molecule has 7 nitrogen and oxygen atoms in total. The van der Waals surface area contributed by atoms with E-state index in [1.807, 2.05) is 0 Å². The fourth-order valence-electron chi connectivity index (χ4n) is 1.82. The van der Waals surface area contributed by atoms with Crippen molar-refractivity contribution >= 4 is 18.8 Å². The Morgan fingerprint density at radius 2 is 1.94 bits per heavy atom. The van der Waals surface area contributed by atoms with Gasteiger partial charge in [0.25, 0.3) is 0 Å². The van der Waals surface area contributed by atoms with Crippen LogP contribution in [0.3, 0.4) is 0 Å². The van der Waals surface area contributed by atoms with E-state index in [1.54, 1.807) is 21.0 Å². The molecule has 0 fully saturated rings. The van der Waals surface area contributed by atoms with Gasteiger partial charge in [-0.3, -0.25) is 14.1 Å². The quantitative estimate of drug-likeness (QED) is 0.272. The zero-order valence-corrected chi connectivity index (χ0v) is 10.4. The fourth-order valence-corrected chi connectivity index (χ4v) is 1.82. The molecule has 2 amide bonds. The molecular formula is C10H19N3O4. The van der Waals surface area contributed by atoms with Gasteiger partial charge in [-0.2, -0.15) is 0 Å². The van der Waals surface area contributed by atoms with Crippen molar-refractivity contribution < 1.29 is 24.0 Å². The summed E-state index contributed by atoms with van der Waals surface area (Å²) in [4.78, 5) is 32.3. The van der Waals surface area contributed by atoms with Gasteiger partial charge in [0.05, 0.1) is 14.1 Å². The van der Waals surface area contributed by atoms with Crippen molar-refractivity contribution in [3.63, 3.8) is 0 Å². The summed E-state index contributed by atoms with van der Waals surface area (Å²) in [5.41, 5.74) is -1.55. The molecule has 1 atom stereocenters. The highest BCUT2D eigenvalue weighted by Gasteiger charge is 2.46. The number of carboxylic acid groups (broad SMARTS) is 1. The normalized spacial score (nSPS) is 14.5. The van der Waals surface area contributed by atoms with Crippen LogP contribution in [0.25, 0.3) is 0 Å². The maximum absolute atomic E-state index is 11.3. The van der Waals surface area contributed by atoms with E-state index in [0.717, 1.165) is 0 Å². The van der Waals surface area contributed by atoms with Gasteiger partial charge in [-0.05, 0) is 6.42 Å². The van der Waals surface area contributed by atoms with Gasteiger partial charge < -0.3 is 20.5 Å². The van der Waals surface area contributed by atoms with E-state index in [4.69, 9.17) is 0 Å². The number of carbonyl (C=O) groups is 3. The Morgan fingerprint density at radius 1 is 1.35 bits per heavy atom. The molecule has 0 aromatic rings. The van der Waals surface area contributed by atoms with Crippen LogP contribution in [-0.4, -0.2) is 49.7 Å². The molecule has 0 heterocycles. The van der Waals surface area contributed by atoms with E-state index in [1.165, 1.54) is 0 Å². The van der Waals surface area contributed by atoms with Gasteiger partial charge >= 0.3 is 0 Å². The fraction of sp³-hybridized carbons (Fsp3) is 0.700. The number of likely N-dealkylation sites (N-methyl/N-ethyl adjacent to an activating group) is 1. The summed E-state index contributed by atoms with van der Waals surface area (Å²) in [5, 5.41) is 16.1. The third-order valence-electron chi connectivity index (χ3n) is 2.85. The van der Waals surface area contributed by atoms with Crippen LogP contribution in [0.15, 0.2) is 0 Å². The minimum Gasteiger partial charge on any atom is -0.542 e. The lowest BCUT2D eigenvalue weighted by atomic mass is 10.0. The molecule has 98 valence electrons. The van der Waals surface area contributed by atoms with Gasteiger partial charge in [0.15, 0.2) is 6.67 Å². The van der Waals surface area contributed by atoms with Gasteiger partial charge in [0.1, 0.15) is 5.97 Å². The van der Waals surface area contributed by atoms with E-state index in [2.05, 4.69) is 10.6 Å². The van der Waals surface area contributed by atoms with Gasteiger partial charge in [-0.25, -0.2) is 0 Å². The Kier molecular flexibility index (Phi) is 5.60. The molecule has 2 N–H and O–H groups in total. The number of nitrogens with zero attached hydrogens (tertiary/aromatic N) is 1. The highest BCUT2D eigenvalue weighted by atomic mass is 16.4. The number of carbonyl (C=O) groups excluding carboxylic acids is 3. The highest BCUT2D eigenvalue weighted by molar-refractivity contribution is 5.77. The van der Waals surface area contributed by atoms with Crippen molar-refractivity contribution in [3.05, 3.63) is 0 Å². The molecule has 0 saturated carbocycles. The van der Waals surface area contributed by atoms with Crippen LogP contribution in [0.1, 0.15) is 19.8 Å². The third-order valence-corrected chi connectivity index (χ3v) is 2.85. The van der Waals surface area contributed by atoms with Crippen molar-refractivity contribution in [2.45, 2.75) is 25.4 Å². The minimum atomic E-state index is -1.55. The largest absolute Gasteiger partial charge is 0.542 e. The molecule has 0 aromatic heterocycles. The zero-order valence-electron chi connectivity index (χ0n) is 10.4. The summed E-state index contributed by atoms with van der Waals surface area (Å²) >= 11 is 0. The summed E-state index contributed by atoms with van der Waals surface area (Å²) in [6, 6.07) is 0. The standard InChI is InChI=1S/C10H19N3O4/c1-4-5-10(9(16)17,12-8-15)13(2,3)6-11-7-14/h7-8H,4-6H2,1-3H3,(H2-,11,12,14,15,16,17). The molecule has 0 aromatic carbocycles. The molecule has 0 aliphatic heterocycles.